The maximum atomic E-state index is 11.2. The van der Waals surface area contributed by atoms with E-state index in [1.165, 1.54) is 7.11 Å². The zero-order valence-electron chi connectivity index (χ0n) is 12.7. The molecule has 0 bridgehead atoms. The van der Waals surface area contributed by atoms with Crippen LogP contribution >= 0.6 is 24.0 Å². The zero-order chi connectivity index (χ0) is 15.8. The van der Waals surface area contributed by atoms with Crippen LogP contribution < -0.4 is 10.6 Å². The molecule has 0 aromatic heterocycles. The van der Waals surface area contributed by atoms with Crippen molar-refractivity contribution in [2.75, 3.05) is 31.4 Å². The number of rotatable bonds is 8. The fourth-order valence-corrected chi connectivity index (χ4v) is 3.17. The van der Waals surface area contributed by atoms with Crippen molar-refractivity contribution < 1.29 is 9.53 Å². The number of esters is 1. The van der Waals surface area contributed by atoms with Crippen LogP contribution in [0.4, 0.5) is 5.69 Å². The van der Waals surface area contributed by atoms with Gasteiger partial charge in [-0.25, -0.2) is 0 Å². The quantitative estimate of drug-likeness (QED) is 0.450. The summed E-state index contributed by atoms with van der Waals surface area (Å²) in [5.41, 5.74) is 7.82. The summed E-state index contributed by atoms with van der Waals surface area (Å²) >= 11 is 6.93. The fraction of sp³-hybridized carbons (Fsp3) is 0.467. The summed E-state index contributed by atoms with van der Waals surface area (Å²) in [4.78, 5) is 14.7. The molecule has 0 aliphatic heterocycles. The number of methoxy groups -OCH3 is 1. The van der Waals surface area contributed by atoms with Gasteiger partial charge in [-0.05, 0) is 24.3 Å². The van der Waals surface area contributed by atoms with Crippen molar-refractivity contribution in [3.8, 4) is 0 Å². The summed E-state index contributed by atoms with van der Waals surface area (Å²) < 4.78 is 4.65. The number of thiocarbonyl (C=S) groups is 1. The average molecular weight is 326 g/mol. The maximum Gasteiger partial charge on any atom is 0.305 e. The highest BCUT2D eigenvalue weighted by molar-refractivity contribution is 7.99. The summed E-state index contributed by atoms with van der Waals surface area (Å²) in [6.07, 6.45) is 1.14. The van der Waals surface area contributed by atoms with Gasteiger partial charge >= 0.3 is 5.97 Å². The molecule has 21 heavy (non-hydrogen) atoms. The van der Waals surface area contributed by atoms with Gasteiger partial charge < -0.3 is 15.4 Å². The molecule has 0 saturated heterocycles. The third kappa shape index (κ3) is 5.21. The predicted molar refractivity (Wildman–Crippen MR) is 93.2 cm³/mol. The van der Waals surface area contributed by atoms with Crippen molar-refractivity contribution >= 4 is 40.6 Å². The van der Waals surface area contributed by atoms with E-state index >= 15 is 0 Å². The van der Waals surface area contributed by atoms with Crippen molar-refractivity contribution in [1.82, 2.24) is 0 Å². The Hall–Kier alpha value is -1.27. The minimum atomic E-state index is -0.187. The summed E-state index contributed by atoms with van der Waals surface area (Å²) in [6, 6.07) is 6.05. The molecule has 116 valence electrons. The molecule has 1 aromatic carbocycles. The first-order valence-corrected chi connectivity index (χ1v) is 8.24. The Kier molecular flexibility index (Phi) is 7.53. The smallest absolute Gasteiger partial charge is 0.305 e. The predicted octanol–water partition coefficient (Wildman–Crippen LogP) is 2.82. The van der Waals surface area contributed by atoms with Gasteiger partial charge in [-0.3, -0.25) is 4.79 Å². The molecule has 0 fully saturated rings. The van der Waals surface area contributed by atoms with E-state index in [1.54, 1.807) is 11.8 Å². The molecule has 0 aliphatic rings. The molecule has 0 radical (unpaired) electrons. The largest absolute Gasteiger partial charge is 0.469 e. The lowest BCUT2D eigenvalue weighted by Crippen LogP contribution is -2.24. The lowest BCUT2D eigenvalue weighted by Gasteiger charge is -2.23. The highest BCUT2D eigenvalue weighted by Gasteiger charge is 2.14. The SMILES string of the molecule is CCSc1cccc(N(C)CCCC(=O)OC)c1C(N)=S. The highest BCUT2D eigenvalue weighted by atomic mass is 32.2. The van der Waals surface area contributed by atoms with Crippen LogP contribution in [0, 0.1) is 0 Å². The van der Waals surface area contributed by atoms with E-state index in [4.69, 9.17) is 18.0 Å². The van der Waals surface area contributed by atoms with Crippen LogP contribution in [-0.4, -0.2) is 37.4 Å². The van der Waals surface area contributed by atoms with Crippen molar-refractivity contribution in [1.29, 1.82) is 0 Å². The van der Waals surface area contributed by atoms with Gasteiger partial charge in [0.1, 0.15) is 4.99 Å². The Balaban J connectivity index is 2.87. The van der Waals surface area contributed by atoms with Crippen molar-refractivity contribution in [2.24, 2.45) is 5.73 Å². The minimum Gasteiger partial charge on any atom is -0.469 e. The first kappa shape index (κ1) is 17.8. The molecule has 4 nitrogen and oxygen atoms in total. The van der Waals surface area contributed by atoms with Gasteiger partial charge in [0.15, 0.2) is 0 Å². The van der Waals surface area contributed by atoms with Gasteiger partial charge in [0.05, 0.1) is 7.11 Å². The molecule has 0 spiro atoms. The van der Waals surface area contributed by atoms with E-state index in [1.807, 2.05) is 25.2 Å². The van der Waals surface area contributed by atoms with Crippen molar-refractivity contribution in [2.45, 2.75) is 24.7 Å². The van der Waals surface area contributed by atoms with Crippen LogP contribution in [0.3, 0.4) is 0 Å². The highest BCUT2D eigenvalue weighted by Crippen LogP contribution is 2.30. The number of ether oxygens (including phenoxy) is 1. The molecule has 0 amide bonds. The normalized spacial score (nSPS) is 10.2. The van der Waals surface area contributed by atoms with Gasteiger partial charge in [-0.1, -0.05) is 25.2 Å². The number of hydrogen-bond donors (Lipinski definition) is 1. The Morgan fingerprint density at radius 2 is 2.19 bits per heavy atom. The molecular weight excluding hydrogens is 304 g/mol. The maximum absolute atomic E-state index is 11.2. The van der Waals surface area contributed by atoms with E-state index in [-0.39, 0.29) is 5.97 Å². The van der Waals surface area contributed by atoms with Gasteiger partial charge in [0.25, 0.3) is 0 Å². The van der Waals surface area contributed by atoms with Gasteiger partial charge in [-0.15, -0.1) is 11.8 Å². The van der Waals surface area contributed by atoms with Crippen LogP contribution in [-0.2, 0) is 9.53 Å². The Morgan fingerprint density at radius 3 is 2.76 bits per heavy atom. The lowest BCUT2D eigenvalue weighted by molar-refractivity contribution is -0.140. The van der Waals surface area contributed by atoms with Crippen LogP contribution in [0.1, 0.15) is 25.3 Å². The number of carbonyl (C=O) groups is 1. The molecule has 6 heteroatoms. The molecule has 1 aromatic rings. The molecule has 0 saturated carbocycles. The van der Waals surface area contributed by atoms with Crippen LogP contribution in [0.2, 0.25) is 0 Å². The third-order valence-corrected chi connectivity index (χ3v) is 4.21. The summed E-state index contributed by atoms with van der Waals surface area (Å²) in [5.74, 6) is 0.777. The Morgan fingerprint density at radius 1 is 1.48 bits per heavy atom. The number of anilines is 1. The standard InChI is InChI=1S/C15H22N2O2S2/c1-4-21-12-8-5-7-11(14(12)15(16)20)17(2)10-6-9-13(18)19-3/h5,7-8H,4,6,9-10H2,1-3H3,(H2,16,20). The Bertz CT molecular complexity index is 506. The van der Waals surface area contributed by atoms with Gasteiger partial charge in [0.2, 0.25) is 0 Å². The summed E-state index contributed by atoms with van der Waals surface area (Å²) in [5, 5.41) is 0. The monoisotopic (exact) mass is 326 g/mol. The number of nitrogens with two attached hydrogens (primary N) is 1. The van der Waals surface area contributed by atoms with Crippen LogP contribution in [0.5, 0.6) is 0 Å². The van der Waals surface area contributed by atoms with E-state index < -0.39 is 0 Å². The van der Waals surface area contributed by atoms with E-state index in [9.17, 15) is 4.79 Å². The summed E-state index contributed by atoms with van der Waals surface area (Å²) in [7, 11) is 3.39. The molecule has 0 unspecified atom stereocenters. The van der Waals surface area contributed by atoms with Gasteiger partial charge in [0, 0.05) is 36.2 Å². The van der Waals surface area contributed by atoms with Crippen molar-refractivity contribution in [3.63, 3.8) is 0 Å². The average Bonchev–Trinajstić information content (AvgIpc) is 2.46. The minimum absolute atomic E-state index is 0.187. The van der Waals surface area contributed by atoms with E-state index in [0.29, 0.717) is 11.4 Å². The number of hydrogen-bond acceptors (Lipinski definition) is 5. The first-order chi connectivity index (χ1) is 10.0. The van der Waals surface area contributed by atoms with E-state index in [2.05, 4.69) is 16.6 Å². The number of thioether (sulfide) groups is 1. The first-order valence-electron chi connectivity index (χ1n) is 6.84. The fourth-order valence-electron chi connectivity index (χ4n) is 2.04. The van der Waals surface area contributed by atoms with Crippen LogP contribution in [0.25, 0.3) is 0 Å². The van der Waals surface area contributed by atoms with Crippen LogP contribution in [0.15, 0.2) is 23.1 Å². The molecule has 0 aliphatic carbocycles. The van der Waals surface area contributed by atoms with Crippen molar-refractivity contribution in [3.05, 3.63) is 23.8 Å². The molecular formula is C15H22N2O2S2. The third-order valence-electron chi connectivity index (χ3n) is 3.06. The second-order valence-corrected chi connectivity index (χ2v) is 6.29. The molecule has 0 atom stereocenters. The summed E-state index contributed by atoms with van der Waals surface area (Å²) in [6.45, 7) is 2.84. The topological polar surface area (TPSA) is 55.6 Å². The lowest BCUT2D eigenvalue weighted by atomic mass is 10.1. The number of carbonyl (C=O) groups excluding carboxylic acids is 1. The number of nitrogens with zero attached hydrogens (tertiary/aromatic N) is 1. The number of benzene rings is 1. The molecule has 1 rings (SSSR count). The second-order valence-electron chi connectivity index (χ2n) is 4.55. The Labute approximate surface area is 136 Å². The molecule has 2 N–H and O–H groups in total. The van der Waals surface area contributed by atoms with E-state index in [0.717, 1.165) is 34.9 Å². The molecule has 0 heterocycles. The van der Waals surface area contributed by atoms with Gasteiger partial charge in [-0.2, -0.15) is 0 Å². The zero-order valence-corrected chi connectivity index (χ0v) is 14.4. The second kappa shape index (κ2) is 8.89.